The molecular weight excluding hydrogens is 337 g/mol. The number of esters is 1. The molecule has 0 bridgehead atoms. The summed E-state index contributed by atoms with van der Waals surface area (Å²) in [5.41, 5.74) is 0.270. The largest absolute Gasteiger partial charge is 0.452 e. The Labute approximate surface area is 146 Å². The number of hydrogen-bond acceptors (Lipinski definition) is 3. The Kier molecular flexibility index (Phi) is 6.31. The van der Waals surface area contributed by atoms with Gasteiger partial charge in [-0.15, -0.1) is 0 Å². The first-order valence-electron chi connectivity index (χ1n) is 7.80. The van der Waals surface area contributed by atoms with Crippen LogP contribution >= 0.6 is 23.2 Å². The summed E-state index contributed by atoms with van der Waals surface area (Å²) in [6, 6.07) is 4.61. The van der Waals surface area contributed by atoms with Crippen molar-refractivity contribution in [3.8, 4) is 0 Å². The van der Waals surface area contributed by atoms with Crippen molar-refractivity contribution >= 4 is 35.1 Å². The molecule has 0 heterocycles. The van der Waals surface area contributed by atoms with Crippen LogP contribution in [0.2, 0.25) is 10.0 Å². The zero-order valence-corrected chi connectivity index (χ0v) is 14.8. The molecule has 3 atom stereocenters. The van der Waals surface area contributed by atoms with Gasteiger partial charge in [0.05, 0.1) is 15.6 Å². The molecule has 23 heavy (non-hydrogen) atoms. The summed E-state index contributed by atoms with van der Waals surface area (Å²) in [5.74, 6) is 0.152. The standard InChI is InChI=1S/C17H21Cl2NO3/c1-10-4-3-5-15(11(10)2)20-16(21)9-23-17(22)12-6-7-13(18)14(19)8-12/h6-8,10-11,15H,3-5,9H2,1-2H3,(H,20,21)/t10-,11-,15-/m1/s1. The third-order valence-corrected chi connectivity index (χ3v) is 5.28. The summed E-state index contributed by atoms with van der Waals surface area (Å²) < 4.78 is 5.04. The molecule has 0 saturated heterocycles. The molecule has 0 unspecified atom stereocenters. The van der Waals surface area contributed by atoms with E-state index in [0.717, 1.165) is 12.8 Å². The Morgan fingerprint density at radius 1 is 1.22 bits per heavy atom. The van der Waals surface area contributed by atoms with Gasteiger partial charge in [0.25, 0.3) is 5.91 Å². The smallest absolute Gasteiger partial charge is 0.338 e. The Hall–Kier alpha value is -1.26. The van der Waals surface area contributed by atoms with Crippen LogP contribution < -0.4 is 5.32 Å². The van der Waals surface area contributed by atoms with Crippen molar-refractivity contribution in [3.63, 3.8) is 0 Å². The van der Waals surface area contributed by atoms with E-state index in [1.54, 1.807) is 0 Å². The molecule has 1 saturated carbocycles. The average Bonchev–Trinajstić information content (AvgIpc) is 2.52. The molecule has 0 aliphatic heterocycles. The number of hydrogen-bond donors (Lipinski definition) is 1. The van der Waals surface area contributed by atoms with Crippen molar-refractivity contribution in [2.45, 2.75) is 39.2 Å². The molecule has 126 valence electrons. The van der Waals surface area contributed by atoms with Gasteiger partial charge in [0.15, 0.2) is 6.61 Å². The minimum Gasteiger partial charge on any atom is -0.452 e. The topological polar surface area (TPSA) is 55.4 Å². The van der Waals surface area contributed by atoms with Crippen molar-refractivity contribution in [2.24, 2.45) is 11.8 Å². The van der Waals surface area contributed by atoms with Gasteiger partial charge in [0.1, 0.15) is 0 Å². The molecule has 2 rings (SSSR count). The molecule has 0 spiro atoms. The van der Waals surface area contributed by atoms with Crippen molar-refractivity contribution in [1.29, 1.82) is 0 Å². The highest BCUT2D eigenvalue weighted by atomic mass is 35.5. The Bertz CT molecular complexity index is 591. The predicted molar refractivity (Wildman–Crippen MR) is 90.9 cm³/mol. The van der Waals surface area contributed by atoms with Gasteiger partial charge in [-0.25, -0.2) is 4.79 Å². The van der Waals surface area contributed by atoms with Crippen LogP contribution in [0.15, 0.2) is 18.2 Å². The van der Waals surface area contributed by atoms with E-state index in [2.05, 4.69) is 19.2 Å². The van der Waals surface area contributed by atoms with E-state index in [-0.39, 0.29) is 29.1 Å². The summed E-state index contributed by atoms with van der Waals surface area (Å²) in [6.45, 7) is 4.06. The maximum atomic E-state index is 12.0. The highest BCUT2D eigenvalue weighted by Gasteiger charge is 2.28. The summed E-state index contributed by atoms with van der Waals surface area (Å²) in [7, 11) is 0. The minimum atomic E-state index is -0.594. The fraction of sp³-hybridized carbons (Fsp3) is 0.529. The molecule has 1 N–H and O–H groups in total. The third-order valence-electron chi connectivity index (χ3n) is 4.54. The number of nitrogens with one attached hydrogen (secondary N) is 1. The predicted octanol–water partition coefficient (Wildman–Crippen LogP) is 4.09. The molecule has 1 aliphatic carbocycles. The average molecular weight is 358 g/mol. The number of benzene rings is 1. The quantitative estimate of drug-likeness (QED) is 0.825. The molecule has 6 heteroatoms. The number of carbonyl (C=O) groups is 2. The van der Waals surface area contributed by atoms with Crippen LogP contribution in [0.4, 0.5) is 0 Å². The molecule has 1 amide bonds. The summed E-state index contributed by atoms with van der Waals surface area (Å²) >= 11 is 11.7. The first-order chi connectivity index (χ1) is 10.9. The highest BCUT2D eigenvalue weighted by molar-refractivity contribution is 6.42. The molecule has 4 nitrogen and oxygen atoms in total. The number of amides is 1. The second-order valence-corrected chi connectivity index (χ2v) is 6.96. The fourth-order valence-corrected chi connectivity index (χ4v) is 3.17. The van der Waals surface area contributed by atoms with Crippen LogP contribution in [-0.2, 0) is 9.53 Å². The van der Waals surface area contributed by atoms with Gasteiger partial charge in [-0.05, 0) is 36.5 Å². The molecule has 1 fully saturated rings. The van der Waals surface area contributed by atoms with E-state index >= 15 is 0 Å². The van der Waals surface area contributed by atoms with Gasteiger partial charge in [0.2, 0.25) is 0 Å². The number of rotatable bonds is 4. The lowest BCUT2D eigenvalue weighted by Crippen LogP contribution is -2.45. The number of carbonyl (C=O) groups excluding carboxylic acids is 2. The van der Waals surface area contributed by atoms with Crippen LogP contribution in [-0.4, -0.2) is 24.5 Å². The lowest BCUT2D eigenvalue weighted by molar-refractivity contribution is -0.125. The molecule has 1 aromatic carbocycles. The molecule has 1 aromatic rings. The van der Waals surface area contributed by atoms with Gasteiger partial charge in [-0.1, -0.05) is 49.9 Å². The van der Waals surface area contributed by atoms with Gasteiger partial charge in [-0.2, -0.15) is 0 Å². The van der Waals surface area contributed by atoms with E-state index < -0.39 is 5.97 Å². The summed E-state index contributed by atoms with van der Waals surface area (Å²) in [4.78, 5) is 23.9. The van der Waals surface area contributed by atoms with Crippen LogP contribution in [0.3, 0.4) is 0 Å². The van der Waals surface area contributed by atoms with Gasteiger partial charge in [-0.3, -0.25) is 4.79 Å². The maximum absolute atomic E-state index is 12.0. The van der Waals surface area contributed by atoms with Crippen molar-refractivity contribution < 1.29 is 14.3 Å². The Morgan fingerprint density at radius 3 is 2.65 bits per heavy atom. The lowest BCUT2D eigenvalue weighted by atomic mass is 9.78. The van der Waals surface area contributed by atoms with E-state index in [0.29, 0.717) is 16.9 Å². The summed E-state index contributed by atoms with van der Waals surface area (Å²) in [5, 5.41) is 3.60. The van der Waals surface area contributed by atoms with Crippen LogP contribution in [0, 0.1) is 11.8 Å². The minimum absolute atomic E-state index is 0.148. The van der Waals surface area contributed by atoms with Crippen molar-refractivity contribution in [3.05, 3.63) is 33.8 Å². The molecule has 0 radical (unpaired) electrons. The summed E-state index contributed by atoms with van der Waals surface area (Å²) in [6.07, 6.45) is 3.28. The normalized spacial score (nSPS) is 24.1. The molecule has 0 aromatic heterocycles. The molecule has 1 aliphatic rings. The lowest BCUT2D eigenvalue weighted by Gasteiger charge is -2.34. The van der Waals surface area contributed by atoms with Crippen molar-refractivity contribution in [1.82, 2.24) is 5.32 Å². The van der Waals surface area contributed by atoms with Crippen LogP contribution in [0.5, 0.6) is 0 Å². The van der Waals surface area contributed by atoms with Gasteiger partial charge >= 0.3 is 5.97 Å². The zero-order valence-electron chi connectivity index (χ0n) is 13.3. The Balaban J connectivity index is 1.84. The van der Waals surface area contributed by atoms with Crippen LogP contribution in [0.25, 0.3) is 0 Å². The highest BCUT2D eigenvalue weighted by Crippen LogP contribution is 2.29. The second kappa shape index (κ2) is 8.02. The van der Waals surface area contributed by atoms with E-state index in [1.807, 2.05) is 0 Å². The van der Waals surface area contributed by atoms with Gasteiger partial charge < -0.3 is 10.1 Å². The number of ether oxygens (including phenoxy) is 1. The van der Waals surface area contributed by atoms with E-state index in [9.17, 15) is 9.59 Å². The van der Waals surface area contributed by atoms with Crippen LogP contribution in [0.1, 0.15) is 43.5 Å². The van der Waals surface area contributed by atoms with E-state index in [1.165, 1.54) is 24.6 Å². The first-order valence-corrected chi connectivity index (χ1v) is 8.55. The third kappa shape index (κ3) is 4.85. The maximum Gasteiger partial charge on any atom is 0.338 e. The SMILES string of the molecule is C[C@@H]1[C@H](C)CCC[C@H]1NC(=O)COC(=O)c1ccc(Cl)c(Cl)c1. The molecular formula is C17H21Cl2NO3. The van der Waals surface area contributed by atoms with Gasteiger partial charge in [0, 0.05) is 6.04 Å². The first kappa shape index (κ1) is 18.1. The van der Waals surface area contributed by atoms with E-state index in [4.69, 9.17) is 27.9 Å². The van der Waals surface area contributed by atoms with Crippen molar-refractivity contribution in [2.75, 3.05) is 6.61 Å². The monoisotopic (exact) mass is 357 g/mol. The Morgan fingerprint density at radius 2 is 1.96 bits per heavy atom. The zero-order chi connectivity index (χ0) is 17.0. The number of halogens is 2. The fourth-order valence-electron chi connectivity index (χ4n) is 2.87. The second-order valence-electron chi connectivity index (χ2n) is 6.15.